The molecule has 0 saturated heterocycles. The van der Waals surface area contributed by atoms with Crippen molar-refractivity contribution in [1.82, 2.24) is 0 Å². The number of unbranched alkanes of at least 4 members (excludes halogenated alkanes) is 3. The Bertz CT molecular complexity index is 745. The van der Waals surface area contributed by atoms with E-state index in [1.54, 1.807) is 12.1 Å². The third-order valence-electron chi connectivity index (χ3n) is 4.36. The van der Waals surface area contributed by atoms with Crippen molar-refractivity contribution in [3.8, 4) is 11.5 Å². The minimum Gasteiger partial charge on any atom is -0.494 e. The van der Waals surface area contributed by atoms with Crippen molar-refractivity contribution >= 4 is 21.9 Å². The Balaban J connectivity index is 1.94. The highest BCUT2D eigenvalue weighted by molar-refractivity contribution is 9.10. The minimum absolute atomic E-state index is 0.0391. The zero-order chi connectivity index (χ0) is 19.9. The first kappa shape index (κ1) is 21.5. The molecule has 0 fully saturated rings. The number of halogens is 1. The topological polar surface area (TPSA) is 35.5 Å². The second-order valence-electron chi connectivity index (χ2n) is 7.72. The minimum atomic E-state index is -0.381. The van der Waals surface area contributed by atoms with Gasteiger partial charge in [0.25, 0.3) is 0 Å². The summed E-state index contributed by atoms with van der Waals surface area (Å²) in [5.74, 6) is 0.914. The van der Waals surface area contributed by atoms with Crippen LogP contribution in [0, 0.1) is 0 Å². The predicted octanol–water partition coefficient (Wildman–Crippen LogP) is 6.92. The average molecular weight is 433 g/mol. The van der Waals surface area contributed by atoms with E-state index >= 15 is 0 Å². The predicted molar refractivity (Wildman–Crippen MR) is 114 cm³/mol. The summed E-state index contributed by atoms with van der Waals surface area (Å²) < 4.78 is 12.0. The van der Waals surface area contributed by atoms with Gasteiger partial charge in [-0.25, -0.2) is 4.79 Å². The van der Waals surface area contributed by atoms with Gasteiger partial charge in [0.15, 0.2) is 0 Å². The third-order valence-corrected chi connectivity index (χ3v) is 4.98. The van der Waals surface area contributed by atoms with E-state index in [0.29, 0.717) is 17.9 Å². The van der Waals surface area contributed by atoms with Crippen molar-refractivity contribution in [2.45, 2.75) is 58.8 Å². The maximum Gasteiger partial charge on any atom is 0.343 e. The van der Waals surface area contributed by atoms with Crippen LogP contribution in [-0.2, 0) is 5.41 Å². The molecule has 0 spiro atoms. The molecule has 0 unspecified atom stereocenters. The molecule has 0 aliphatic rings. The Labute approximate surface area is 171 Å². The maximum atomic E-state index is 12.4. The summed E-state index contributed by atoms with van der Waals surface area (Å²) in [6.07, 6.45) is 4.69. The molecule has 2 rings (SSSR count). The van der Waals surface area contributed by atoms with E-state index in [4.69, 9.17) is 9.47 Å². The average Bonchev–Trinajstić information content (AvgIpc) is 2.63. The van der Waals surface area contributed by atoms with E-state index in [1.807, 2.05) is 30.3 Å². The lowest BCUT2D eigenvalue weighted by Gasteiger charge is -2.20. The number of esters is 1. The molecule has 0 amide bonds. The monoisotopic (exact) mass is 432 g/mol. The van der Waals surface area contributed by atoms with Crippen LogP contribution >= 0.6 is 15.9 Å². The molecule has 0 bridgehead atoms. The third kappa shape index (κ3) is 6.69. The van der Waals surface area contributed by atoms with Crippen LogP contribution in [0.15, 0.2) is 46.9 Å². The lowest BCUT2D eigenvalue weighted by Crippen LogP contribution is -2.12. The number of benzene rings is 2. The largest absolute Gasteiger partial charge is 0.494 e. The molecule has 4 heteroatoms. The smallest absolute Gasteiger partial charge is 0.343 e. The summed E-state index contributed by atoms with van der Waals surface area (Å²) in [5.41, 5.74) is 1.71. The molecule has 27 heavy (non-hydrogen) atoms. The summed E-state index contributed by atoms with van der Waals surface area (Å²) in [4.78, 5) is 12.4. The molecule has 2 aromatic carbocycles. The van der Waals surface area contributed by atoms with Gasteiger partial charge in [0.1, 0.15) is 11.5 Å². The Morgan fingerprint density at radius 3 is 2.30 bits per heavy atom. The molecule has 0 aromatic heterocycles. The molecule has 2 aromatic rings. The Morgan fingerprint density at radius 1 is 1.00 bits per heavy atom. The first-order chi connectivity index (χ1) is 12.8. The number of hydrogen-bond donors (Lipinski definition) is 0. The molecule has 0 heterocycles. The van der Waals surface area contributed by atoms with E-state index in [-0.39, 0.29) is 11.4 Å². The fraction of sp³-hybridized carbons (Fsp3) is 0.435. The zero-order valence-corrected chi connectivity index (χ0v) is 18.3. The van der Waals surface area contributed by atoms with Crippen LogP contribution in [0.4, 0.5) is 0 Å². The van der Waals surface area contributed by atoms with Gasteiger partial charge in [-0.05, 0) is 69.7 Å². The lowest BCUT2D eigenvalue weighted by molar-refractivity contribution is 0.0733. The highest BCUT2D eigenvalue weighted by Gasteiger charge is 2.17. The van der Waals surface area contributed by atoms with Crippen molar-refractivity contribution in [1.29, 1.82) is 0 Å². The van der Waals surface area contributed by atoms with Crippen molar-refractivity contribution in [3.63, 3.8) is 0 Å². The summed E-state index contributed by atoms with van der Waals surface area (Å²) in [5, 5.41) is 0. The van der Waals surface area contributed by atoms with Gasteiger partial charge in [0.2, 0.25) is 0 Å². The molecule has 0 atom stereocenters. The number of hydrogen-bond acceptors (Lipinski definition) is 3. The Hall–Kier alpha value is -1.81. The second-order valence-corrected chi connectivity index (χ2v) is 8.57. The fourth-order valence-corrected chi connectivity index (χ4v) is 3.07. The van der Waals surface area contributed by atoms with Gasteiger partial charge < -0.3 is 9.47 Å². The van der Waals surface area contributed by atoms with Gasteiger partial charge >= 0.3 is 5.97 Å². The molecular formula is C23H29BrO3. The SMILES string of the molecule is CCCCCCOc1ccc(C(=O)Oc2ccc(C(C)(C)C)cc2Br)cc1. The fourth-order valence-electron chi connectivity index (χ4n) is 2.62. The zero-order valence-electron chi connectivity index (χ0n) is 16.7. The van der Waals surface area contributed by atoms with Gasteiger partial charge in [-0.2, -0.15) is 0 Å². The maximum absolute atomic E-state index is 12.4. The van der Waals surface area contributed by atoms with Gasteiger partial charge in [-0.3, -0.25) is 0 Å². The van der Waals surface area contributed by atoms with Crippen LogP contribution < -0.4 is 9.47 Å². The van der Waals surface area contributed by atoms with Crippen molar-refractivity contribution in [3.05, 3.63) is 58.1 Å². The van der Waals surface area contributed by atoms with E-state index in [0.717, 1.165) is 16.6 Å². The molecule has 0 saturated carbocycles. The molecule has 0 radical (unpaired) electrons. The van der Waals surface area contributed by atoms with Crippen molar-refractivity contribution < 1.29 is 14.3 Å². The first-order valence-corrected chi connectivity index (χ1v) is 10.4. The van der Waals surface area contributed by atoms with Crippen molar-refractivity contribution in [2.75, 3.05) is 6.61 Å². The molecule has 0 N–H and O–H groups in total. The van der Waals surface area contributed by atoms with Gasteiger partial charge in [-0.1, -0.05) is 53.0 Å². The standard InChI is InChI=1S/C23H29BrO3/c1-5-6-7-8-15-26-19-12-9-17(10-13-19)22(25)27-21-14-11-18(16-20(21)24)23(2,3)4/h9-14,16H,5-8,15H2,1-4H3. The van der Waals surface area contributed by atoms with Crippen LogP contribution in [0.1, 0.15) is 69.3 Å². The first-order valence-electron chi connectivity index (χ1n) is 9.56. The summed E-state index contributed by atoms with van der Waals surface area (Å²) >= 11 is 3.50. The number of carbonyl (C=O) groups excluding carboxylic acids is 1. The van der Waals surface area contributed by atoms with Crippen LogP contribution in [0.2, 0.25) is 0 Å². The highest BCUT2D eigenvalue weighted by Crippen LogP contribution is 2.32. The normalized spacial score (nSPS) is 11.3. The number of ether oxygens (including phenoxy) is 2. The van der Waals surface area contributed by atoms with E-state index < -0.39 is 0 Å². The molecule has 0 aliphatic heterocycles. The van der Waals surface area contributed by atoms with Gasteiger partial charge in [0.05, 0.1) is 16.6 Å². The molecule has 146 valence electrons. The summed E-state index contributed by atoms with van der Waals surface area (Å²) in [6, 6.07) is 12.9. The summed E-state index contributed by atoms with van der Waals surface area (Å²) in [7, 11) is 0. The van der Waals surface area contributed by atoms with Crippen LogP contribution in [0.25, 0.3) is 0 Å². The molecular weight excluding hydrogens is 404 g/mol. The molecule has 0 aliphatic carbocycles. The quantitative estimate of drug-likeness (QED) is 0.257. The van der Waals surface area contributed by atoms with Crippen LogP contribution in [0.5, 0.6) is 11.5 Å². The van der Waals surface area contributed by atoms with Crippen molar-refractivity contribution in [2.24, 2.45) is 0 Å². The number of rotatable bonds is 8. The van der Waals surface area contributed by atoms with E-state index in [1.165, 1.54) is 24.8 Å². The summed E-state index contributed by atoms with van der Waals surface area (Å²) in [6.45, 7) is 9.34. The van der Waals surface area contributed by atoms with Gasteiger partial charge in [-0.15, -0.1) is 0 Å². The number of carbonyl (C=O) groups is 1. The van der Waals surface area contributed by atoms with Crippen LogP contribution in [-0.4, -0.2) is 12.6 Å². The second kappa shape index (κ2) is 9.93. The van der Waals surface area contributed by atoms with Gasteiger partial charge in [0, 0.05) is 0 Å². The van der Waals surface area contributed by atoms with Crippen LogP contribution in [0.3, 0.4) is 0 Å². The van der Waals surface area contributed by atoms with E-state index in [2.05, 4.69) is 43.6 Å². The Morgan fingerprint density at radius 2 is 1.70 bits per heavy atom. The lowest BCUT2D eigenvalue weighted by atomic mass is 9.87. The Kier molecular flexibility index (Phi) is 7.91. The molecule has 3 nitrogen and oxygen atoms in total. The van der Waals surface area contributed by atoms with E-state index in [9.17, 15) is 4.79 Å². The highest BCUT2D eigenvalue weighted by atomic mass is 79.9.